The van der Waals surface area contributed by atoms with Gasteiger partial charge in [0.25, 0.3) is 0 Å². The van der Waals surface area contributed by atoms with Gasteiger partial charge in [-0.05, 0) is 24.1 Å². The van der Waals surface area contributed by atoms with Crippen LogP contribution in [0.2, 0.25) is 0 Å². The van der Waals surface area contributed by atoms with Crippen LogP contribution in [0.4, 0.5) is 0 Å². The second-order valence-corrected chi connectivity index (χ2v) is 4.56. The van der Waals surface area contributed by atoms with Crippen molar-refractivity contribution in [2.75, 3.05) is 0 Å². The molecule has 104 valence electrons. The Balaban J connectivity index is 1.85. The maximum Gasteiger partial charge on any atom is 0.313 e. The predicted molar refractivity (Wildman–Crippen MR) is 72.9 cm³/mol. The molecule has 0 spiro atoms. The standard InChI is InChI=1S/C15H16N2O3/c1-12(18)9-15(19)20-11-14-5-3-13(4-6-14)10-17-8-2-7-16-17/h2-8H,9-11H2,1H3. The van der Waals surface area contributed by atoms with Crippen LogP contribution in [0.25, 0.3) is 0 Å². The Bertz CT molecular complexity index is 574. The van der Waals surface area contributed by atoms with Gasteiger partial charge in [0.15, 0.2) is 0 Å². The van der Waals surface area contributed by atoms with Crippen LogP contribution in [-0.2, 0) is 27.5 Å². The monoisotopic (exact) mass is 272 g/mol. The van der Waals surface area contributed by atoms with Gasteiger partial charge in [-0.1, -0.05) is 24.3 Å². The summed E-state index contributed by atoms with van der Waals surface area (Å²) in [6, 6.07) is 9.62. The minimum Gasteiger partial charge on any atom is -0.460 e. The largest absolute Gasteiger partial charge is 0.460 e. The molecule has 0 aliphatic heterocycles. The fraction of sp³-hybridized carbons (Fsp3) is 0.267. The van der Waals surface area contributed by atoms with E-state index in [9.17, 15) is 9.59 Å². The topological polar surface area (TPSA) is 61.2 Å². The summed E-state index contributed by atoms with van der Waals surface area (Å²) in [5.41, 5.74) is 2.01. The van der Waals surface area contributed by atoms with E-state index in [2.05, 4.69) is 5.10 Å². The average Bonchev–Trinajstić information content (AvgIpc) is 2.90. The van der Waals surface area contributed by atoms with Gasteiger partial charge in [0.1, 0.15) is 18.8 Å². The lowest BCUT2D eigenvalue weighted by atomic mass is 10.1. The van der Waals surface area contributed by atoms with Gasteiger partial charge in [0.05, 0.1) is 6.54 Å². The number of ether oxygens (including phenoxy) is 1. The van der Waals surface area contributed by atoms with Crippen molar-refractivity contribution in [2.45, 2.75) is 26.5 Å². The highest BCUT2D eigenvalue weighted by atomic mass is 16.5. The van der Waals surface area contributed by atoms with Crippen LogP contribution in [0, 0.1) is 0 Å². The first-order valence-corrected chi connectivity index (χ1v) is 6.34. The third-order valence-corrected chi connectivity index (χ3v) is 2.72. The Morgan fingerprint density at radius 1 is 1.20 bits per heavy atom. The van der Waals surface area contributed by atoms with E-state index >= 15 is 0 Å². The molecular weight excluding hydrogens is 256 g/mol. The van der Waals surface area contributed by atoms with E-state index in [1.165, 1.54) is 6.92 Å². The number of hydrogen-bond acceptors (Lipinski definition) is 4. The Labute approximate surface area is 117 Å². The maximum absolute atomic E-state index is 11.3. The fourth-order valence-electron chi connectivity index (χ4n) is 1.74. The molecule has 20 heavy (non-hydrogen) atoms. The molecule has 0 N–H and O–H groups in total. The summed E-state index contributed by atoms with van der Waals surface area (Å²) in [5.74, 6) is -0.678. The van der Waals surface area contributed by atoms with Crippen LogP contribution in [0.15, 0.2) is 42.7 Å². The second kappa shape index (κ2) is 6.65. The van der Waals surface area contributed by atoms with Crippen LogP contribution in [-0.4, -0.2) is 21.5 Å². The fourth-order valence-corrected chi connectivity index (χ4v) is 1.74. The highest BCUT2D eigenvalue weighted by Gasteiger charge is 2.06. The molecule has 5 heteroatoms. The van der Waals surface area contributed by atoms with Crippen LogP contribution in [0.5, 0.6) is 0 Å². The zero-order chi connectivity index (χ0) is 14.4. The number of esters is 1. The van der Waals surface area contributed by atoms with Crippen LogP contribution >= 0.6 is 0 Å². The number of carbonyl (C=O) groups is 2. The number of carbonyl (C=O) groups excluding carboxylic acids is 2. The zero-order valence-corrected chi connectivity index (χ0v) is 11.3. The van der Waals surface area contributed by atoms with Gasteiger partial charge < -0.3 is 4.74 Å². The molecule has 0 aliphatic rings. The van der Waals surface area contributed by atoms with E-state index in [1.807, 2.05) is 41.2 Å². The van der Waals surface area contributed by atoms with Crippen molar-refractivity contribution >= 4 is 11.8 Å². The van der Waals surface area contributed by atoms with Gasteiger partial charge in [0.2, 0.25) is 0 Å². The van der Waals surface area contributed by atoms with E-state index in [0.29, 0.717) is 6.54 Å². The van der Waals surface area contributed by atoms with Crippen LogP contribution in [0.1, 0.15) is 24.5 Å². The molecule has 0 fully saturated rings. The maximum atomic E-state index is 11.3. The van der Waals surface area contributed by atoms with Crippen molar-refractivity contribution < 1.29 is 14.3 Å². The number of aromatic nitrogens is 2. The van der Waals surface area contributed by atoms with E-state index < -0.39 is 5.97 Å². The molecule has 0 atom stereocenters. The molecule has 0 unspecified atom stereocenters. The normalized spacial score (nSPS) is 10.2. The van der Waals surface area contributed by atoms with E-state index in [1.54, 1.807) is 6.20 Å². The summed E-state index contributed by atoms with van der Waals surface area (Å²) in [6.45, 7) is 2.26. The van der Waals surface area contributed by atoms with Crippen molar-refractivity contribution in [3.8, 4) is 0 Å². The first-order chi connectivity index (χ1) is 9.63. The SMILES string of the molecule is CC(=O)CC(=O)OCc1ccc(Cn2cccn2)cc1. The summed E-state index contributed by atoms with van der Waals surface area (Å²) < 4.78 is 6.84. The lowest BCUT2D eigenvalue weighted by Crippen LogP contribution is -2.08. The molecule has 1 heterocycles. The minimum atomic E-state index is -0.488. The lowest BCUT2D eigenvalue weighted by molar-refractivity contribution is -0.146. The molecule has 2 aromatic rings. The minimum absolute atomic E-state index is 0.169. The molecule has 0 saturated carbocycles. The zero-order valence-electron chi connectivity index (χ0n) is 11.3. The van der Waals surface area contributed by atoms with Gasteiger partial charge >= 0.3 is 5.97 Å². The smallest absolute Gasteiger partial charge is 0.313 e. The summed E-state index contributed by atoms with van der Waals surface area (Å²) in [4.78, 5) is 22.0. The van der Waals surface area contributed by atoms with Crippen molar-refractivity contribution in [3.05, 3.63) is 53.9 Å². The van der Waals surface area contributed by atoms with Crippen molar-refractivity contribution in [2.24, 2.45) is 0 Å². The van der Waals surface area contributed by atoms with Gasteiger partial charge in [-0.15, -0.1) is 0 Å². The third-order valence-electron chi connectivity index (χ3n) is 2.72. The average molecular weight is 272 g/mol. The van der Waals surface area contributed by atoms with Gasteiger partial charge in [0, 0.05) is 12.4 Å². The van der Waals surface area contributed by atoms with Crippen molar-refractivity contribution in [1.29, 1.82) is 0 Å². The van der Waals surface area contributed by atoms with Gasteiger partial charge in [-0.2, -0.15) is 5.10 Å². The molecule has 5 nitrogen and oxygen atoms in total. The number of nitrogens with zero attached hydrogens (tertiary/aromatic N) is 2. The third kappa shape index (κ3) is 4.35. The quantitative estimate of drug-likeness (QED) is 0.595. The molecule has 0 radical (unpaired) electrons. The highest BCUT2D eigenvalue weighted by Crippen LogP contribution is 2.07. The predicted octanol–water partition coefficient (Wildman–Crippen LogP) is 1.95. The summed E-state index contributed by atoms with van der Waals surface area (Å²) in [7, 11) is 0. The molecule has 0 amide bonds. The molecule has 0 bridgehead atoms. The van der Waals surface area contributed by atoms with Crippen molar-refractivity contribution in [1.82, 2.24) is 9.78 Å². The Kier molecular flexibility index (Phi) is 4.65. The molecule has 2 rings (SSSR count). The van der Waals surface area contributed by atoms with E-state index in [0.717, 1.165) is 11.1 Å². The first-order valence-electron chi connectivity index (χ1n) is 6.34. The van der Waals surface area contributed by atoms with E-state index in [-0.39, 0.29) is 18.8 Å². The van der Waals surface area contributed by atoms with Gasteiger partial charge in [-0.25, -0.2) is 0 Å². The number of Topliss-reactive ketones (excluding diaryl/α,β-unsaturated/α-hetero) is 1. The summed E-state index contributed by atoms with van der Waals surface area (Å²) >= 11 is 0. The van der Waals surface area contributed by atoms with Crippen LogP contribution in [0.3, 0.4) is 0 Å². The van der Waals surface area contributed by atoms with E-state index in [4.69, 9.17) is 4.74 Å². The van der Waals surface area contributed by atoms with Crippen LogP contribution < -0.4 is 0 Å². The molecule has 1 aromatic heterocycles. The molecular formula is C15H16N2O3. The first kappa shape index (κ1) is 14.0. The number of benzene rings is 1. The lowest BCUT2D eigenvalue weighted by Gasteiger charge is -2.06. The highest BCUT2D eigenvalue weighted by molar-refractivity contribution is 5.94. The molecule has 1 aromatic carbocycles. The summed E-state index contributed by atoms with van der Waals surface area (Å²) in [6.07, 6.45) is 3.47. The summed E-state index contributed by atoms with van der Waals surface area (Å²) in [5, 5.41) is 4.14. The Hall–Kier alpha value is -2.43. The number of ketones is 1. The number of rotatable bonds is 6. The van der Waals surface area contributed by atoms with Gasteiger partial charge in [-0.3, -0.25) is 14.3 Å². The Morgan fingerprint density at radius 3 is 2.50 bits per heavy atom. The second-order valence-electron chi connectivity index (χ2n) is 4.56. The van der Waals surface area contributed by atoms with Crippen molar-refractivity contribution in [3.63, 3.8) is 0 Å². The molecule has 0 saturated heterocycles. The molecule has 0 aliphatic carbocycles. The Morgan fingerprint density at radius 2 is 1.90 bits per heavy atom. The number of hydrogen-bond donors (Lipinski definition) is 0.